The van der Waals surface area contributed by atoms with Crippen molar-refractivity contribution in [2.24, 2.45) is 0 Å². The number of carbonyl (C=O) groups excluding carboxylic acids is 2. The van der Waals surface area contributed by atoms with E-state index in [0.717, 1.165) is 6.42 Å². The quantitative estimate of drug-likeness (QED) is 0.544. The highest BCUT2D eigenvalue weighted by atomic mass is 32.1. The first kappa shape index (κ1) is 11.4. The molecular weight excluding hydrogens is 200 g/mol. The van der Waals surface area contributed by atoms with Crippen LogP contribution in [0, 0.1) is 0 Å². The average molecular weight is 216 g/mol. The fraction of sp³-hybridized carbons (Fsp3) is 0.778. The molecule has 1 rings (SSSR count). The molecule has 1 heterocycles. The van der Waals surface area contributed by atoms with Gasteiger partial charge in [0.2, 0.25) is 0 Å². The Labute approximate surface area is 89.4 Å². The summed E-state index contributed by atoms with van der Waals surface area (Å²) < 4.78 is 0. The van der Waals surface area contributed by atoms with Crippen LogP contribution in [0.1, 0.15) is 26.7 Å². The molecule has 1 aliphatic heterocycles. The van der Waals surface area contributed by atoms with Gasteiger partial charge in [-0.1, -0.05) is 6.92 Å². The predicted octanol–water partition coefficient (Wildman–Crippen LogP) is 1.03. The van der Waals surface area contributed by atoms with E-state index >= 15 is 0 Å². The molecule has 1 N–H and O–H groups in total. The number of nitrogens with one attached hydrogen (secondary N) is 1. The summed E-state index contributed by atoms with van der Waals surface area (Å²) in [7, 11) is 0. The van der Waals surface area contributed by atoms with Crippen LogP contribution in [-0.4, -0.2) is 34.7 Å². The second-order valence-corrected chi connectivity index (χ2v) is 4.10. The van der Waals surface area contributed by atoms with Crippen LogP contribution in [0.4, 0.5) is 4.79 Å². The maximum Gasteiger partial charge on any atom is 0.325 e. The zero-order chi connectivity index (χ0) is 10.8. The van der Waals surface area contributed by atoms with E-state index in [1.54, 1.807) is 6.92 Å². The fourth-order valence-electron chi connectivity index (χ4n) is 1.42. The molecule has 0 aromatic carbocycles. The zero-order valence-corrected chi connectivity index (χ0v) is 9.43. The predicted molar refractivity (Wildman–Crippen MR) is 57.4 cm³/mol. The molecule has 0 bridgehead atoms. The SMILES string of the molecule is CCC1(C)NC(=O)N(CCCS)C1=O. The maximum absolute atomic E-state index is 11.8. The van der Waals surface area contributed by atoms with E-state index in [1.165, 1.54) is 4.90 Å². The molecule has 14 heavy (non-hydrogen) atoms. The normalized spacial score (nSPS) is 26.9. The Morgan fingerprint density at radius 3 is 2.57 bits per heavy atom. The van der Waals surface area contributed by atoms with Crippen LogP contribution in [0.25, 0.3) is 0 Å². The molecule has 5 heteroatoms. The lowest BCUT2D eigenvalue weighted by Crippen LogP contribution is -2.43. The van der Waals surface area contributed by atoms with Crippen molar-refractivity contribution < 1.29 is 9.59 Å². The number of hydrogen-bond donors (Lipinski definition) is 2. The van der Waals surface area contributed by atoms with Crippen LogP contribution in [0.3, 0.4) is 0 Å². The molecule has 4 nitrogen and oxygen atoms in total. The van der Waals surface area contributed by atoms with Crippen molar-refractivity contribution in [1.82, 2.24) is 10.2 Å². The summed E-state index contributed by atoms with van der Waals surface area (Å²) in [4.78, 5) is 24.5. The van der Waals surface area contributed by atoms with E-state index in [9.17, 15) is 9.59 Å². The largest absolute Gasteiger partial charge is 0.325 e. The molecule has 0 aliphatic carbocycles. The van der Waals surface area contributed by atoms with Crippen LogP contribution in [0.15, 0.2) is 0 Å². The topological polar surface area (TPSA) is 49.4 Å². The first-order valence-electron chi connectivity index (χ1n) is 4.80. The molecule has 1 unspecified atom stereocenters. The van der Waals surface area contributed by atoms with Gasteiger partial charge in [0, 0.05) is 6.54 Å². The van der Waals surface area contributed by atoms with Gasteiger partial charge >= 0.3 is 6.03 Å². The molecule has 0 spiro atoms. The molecule has 1 atom stereocenters. The highest BCUT2D eigenvalue weighted by Gasteiger charge is 2.45. The Morgan fingerprint density at radius 2 is 2.14 bits per heavy atom. The second-order valence-electron chi connectivity index (χ2n) is 3.65. The highest BCUT2D eigenvalue weighted by molar-refractivity contribution is 7.80. The molecule has 80 valence electrons. The summed E-state index contributed by atoms with van der Waals surface area (Å²) in [6, 6.07) is -0.277. The van der Waals surface area contributed by atoms with Gasteiger partial charge in [0.15, 0.2) is 0 Å². The monoisotopic (exact) mass is 216 g/mol. The van der Waals surface area contributed by atoms with Crippen LogP contribution in [0.2, 0.25) is 0 Å². The van der Waals surface area contributed by atoms with E-state index in [4.69, 9.17) is 0 Å². The van der Waals surface area contributed by atoms with Crippen molar-refractivity contribution in [2.45, 2.75) is 32.2 Å². The van der Waals surface area contributed by atoms with Gasteiger partial charge in [-0.2, -0.15) is 12.6 Å². The van der Waals surface area contributed by atoms with Gasteiger partial charge in [-0.25, -0.2) is 4.79 Å². The average Bonchev–Trinajstić information content (AvgIpc) is 2.37. The Balaban J connectivity index is 2.70. The van der Waals surface area contributed by atoms with Gasteiger partial charge in [0.1, 0.15) is 5.54 Å². The Kier molecular flexibility index (Phi) is 3.42. The van der Waals surface area contributed by atoms with E-state index in [1.807, 2.05) is 6.92 Å². The van der Waals surface area contributed by atoms with Gasteiger partial charge in [-0.05, 0) is 25.5 Å². The second kappa shape index (κ2) is 4.21. The number of nitrogens with zero attached hydrogens (tertiary/aromatic N) is 1. The minimum atomic E-state index is -0.701. The molecule has 1 fully saturated rings. The van der Waals surface area contributed by atoms with Crippen LogP contribution in [0.5, 0.6) is 0 Å². The van der Waals surface area contributed by atoms with Gasteiger partial charge in [0.05, 0.1) is 0 Å². The van der Waals surface area contributed by atoms with E-state index in [2.05, 4.69) is 17.9 Å². The number of rotatable bonds is 4. The van der Waals surface area contributed by atoms with E-state index in [0.29, 0.717) is 18.7 Å². The standard InChI is InChI=1S/C9H16N2O2S/c1-3-9(2)7(12)11(5-4-6-14)8(13)10-9/h14H,3-6H2,1-2H3,(H,10,13). The van der Waals surface area contributed by atoms with E-state index in [-0.39, 0.29) is 11.9 Å². The third-order valence-corrected chi connectivity index (χ3v) is 2.91. The van der Waals surface area contributed by atoms with Crippen molar-refractivity contribution in [3.63, 3.8) is 0 Å². The molecule has 1 saturated heterocycles. The third kappa shape index (κ3) is 1.87. The molecule has 0 aromatic heterocycles. The summed E-state index contributed by atoms with van der Waals surface area (Å²) in [5.41, 5.74) is -0.701. The van der Waals surface area contributed by atoms with E-state index < -0.39 is 5.54 Å². The summed E-state index contributed by atoms with van der Waals surface area (Å²) in [5, 5.41) is 2.70. The first-order chi connectivity index (χ1) is 6.55. The van der Waals surface area contributed by atoms with Gasteiger partial charge in [0.25, 0.3) is 5.91 Å². The smallest absolute Gasteiger partial charge is 0.323 e. The number of urea groups is 1. The summed E-state index contributed by atoms with van der Waals surface area (Å²) in [6.07, 6.45) is 1.36. The number of amides is 3. The molecule has 0 radical (unpaired) electrons. The Hall–Kier alpha value is -0.710. The van der Waals surface area contributed by atoms with Crippen molar-refractivity contribution in [1.29, 1.82) is 0 Å². The van der Waals surface area contributed by atoms with Crippen LogP contribution in [-0.2, 0) is 4.79 Å². The lowest BCUT2D eigenvalue weighted by atomic mass is 9.99. The summed E-state index contributed by atoms with van der Waals surface area (Å²) in [6.45, 7) is 4.11. The molecule has 3 amide bonds. The van der Waals surface area contributed by atoms with Crippen LogP contribution < -0.4 is 5.32 Å². The van der Waals surface area contributed by atoms with Gasteiger partial charge in [-0.15, -0.1) is 0 Å². The molecule has 0 aromatic rings. The third-order valence-electron chi connectivity index (χ3n) is 2.59. The van der Waals surface area contributed by atoms with Crippen LogP contribution >= 0.6 is 12.6 Å². The number of thiol groups is 1. The molecular formula is C9H16N2O2S. The number of imide groups is 1. The van der Waals surface area contributed by atoms with Crippen molar-refractivity contribution >= 4 is 24.6 Å². The van der Waals surface area contributed by atoms with Gasteiger partial charge < -0.3 is 5.32 Å². The molecule has 1 aliphatic rings. The highest BCUT2D eigenvalue weighted by Crippen LogP contribution is 2.20. The zero-order valence-electron chi connectivity index (χ0n) is 8.54. The minimum Gasteiger partial charge on any atom is -0.323 e. The Morgan fingerprint density at radius 1 is 1.50 bits per heavy atom. The number of carbonyl (C=O) groups is 2. The summed E-state index contributed by atoms with van der Waals surface area (Å²) in [5.74, 6) is 0.562. The lowest BCUT2D eigenvalue weighted by molar-refractivity contribution is -0.130. The number of hydrogen-bond acceptors (Lipinski definition) is 3. The van der Waals surface area contributed by atoms with Crippen molar-refractivity contribution in [3.05, 3.63) is 0 Å². The Bertz CT molecular complexity index is 257. The maximum atomic E-state index is 11.8. The van der Waals surface area contributed by atoms with Crippen molar-refractivity contribution in [2.75, 3.05) is 12.3 Å². The van der Waals surface area contributed by atoms with Crippen molar-refractivity contribution in [3.8, 4) is 0 Å². The van der Waals surface area contributed by atoms with Gasteiger partial charge in [-0.3, -0.25) is 9.69 Å². The lowest BCUT2D eigenvalue weighted by Gasteiger charge is -2.18. The summed E-state index contributed by atoms with van der Waals surface area (Å²) >= 11 is 4.05. The minimum absolute atomic E-state index is 0.119. The first-order valence-corrected chi connectivity index (χ1v) is 5.43. The fourth-order valence-corrected chi connectivity index (χ4v) is 1.56. The molecule has 0 saturated carbocycles.